The molecule has 1 aromatic heterocycles. The maximum absolute atomic E-state index is 13.1. The quantitative estimate of drug-likeness (QED) is 0.386. The summed E-state index contributed by atoms with van der Waals surface area (Å²) in [6.07, 6.45) is 0.311. The number of rotatable bonds is 4. The molecule has 128 valence electrons. The number of hydrogen-bond acceptors (Lipinski definition) is 2. The van der Waals surface area contributed by atoms with E-state index in [9.17, 15) is 9.59 Å². The van der Waals surface area contributed by atoms with E-state index in [0.717, 1.165) is 5.56 Å². The first-order valence-electron chi connectivity index (χ1n) is 8.44. The Kier molecular flexibility index (Phi) is 6.01. The topological polar surface area (TPSA) is 44.0 Å². The van der Waals surface area contributed by atoms with Crippen LogP contribution in [-0.4, -0.2) is 9.36 Å². The van der Waals surface area contributed by atoms with E-state index in [1.807, 2.05) is 91.0 Å². The molecule has 0 amide bonds. The van der Waals surface area contributed by atoms with Gasteiger partial charge in [-0.3, -0.25) is 0 Å². The van der Waals surface area contributed by atoms with Crippen LogP contribution in [0.25, 0.3) is 11.4 Å². The molecule has 0 aliphatic rings. The zero-order valence-corrected chi connectivity index (χ0v) is 17.1. The molecule has 0 unspecified atom stereocenters. The van der Waals surface area contributed by atoms with E-state index in [2.05, 4.69) is 0 Å². The molecule has 4 nitrogen and oxygen atoms in total. The van der Waals surface area contributed by atoms with Crippen LogP contribution < -0.4 is 40.7 Å². The number of para-hydroxylation sites is 2. The molecule has 3 aromatic carbocycles. The Morgan fingerprint density at radius 1 is 0.593 bits per heavy atom. The summed E-state index contributed by atoms with van der Waals surface area (Å²) < 4.78 is 2.91. The van der Waals surface area contributed by atoms with Crippen molar-refractivity contribution in [1.29, 1.82) is 0 Å². The van der Waals surface area contributed by atoms with Crippen molar-refractivity contribution < 1.29 is 29.6 Å². The third-order valence-corrected chi connectivity index (χ3v) is 4.33. The molecule has 27 heavy (non-hydrogen) atoms. The largest absolute Gasteiger partial charge is 1.00 e. The van der Waals surface area contributed by atoms with Gasteiger partial charge in [0.15, 0.2) is 0 Å². The van der Waals surface area contributed by atoms with Crippen molar-refractivity contribution in [3.63, 3.8) is 0 Å². The summed E-state index contributed by atoms with van der Waals surface area (Å²) in [5.74, 6) is 0. The molecule has 0 saturated heterocycles. The van der Waals surface area contributed by atoms with Crippen LogP contribution in [0.1, 0.15) is 11.1 Å². The Labute approximate surface area is 179 Å². The van der Waals surface area contributed by atoms with Gasteiger partial charge in [0.05, 0.1) is 11.4 Å². The van der Waals surface area contributed by atoms with Gasteiger partial charge in [0.1, 0.15) is 11.1 Å². The van der Waals surface area contributed by atoms with E-state index in [1.54, 1.807) is 0 Å². The van der Waals surface area contributed by atoms with Gasteiger partial charge >= 0.3 is 29.6 Å². The van der Waals surface area contributed by atoms with Gasteiger partial charge in [-0.1, -0.05) is 72.3 Å². The molecule has 0 fully saturated rings. The number of aromatic nitrogens is 2. The molecule has 0 aliphatic heterocycles. The van der Waals surface area contributed by atoms with Crippen LogP contribution in [0.15, 0.2) is 101 Å². The van der Waals surface area contributed by atoms with Crippen molar-refractivity contribution in [1.82, 2.24) is 9.36 Å². The fraction of sp³-hybridized carbons (Fsp3) is 0.0455. The summed E-state index contributed by atoms with van der Waals surface area (Å²) in [6.45, 7) is 0. The van der Waals surface area contributed by atoms with Gasteiger partial charge in [-0.05, 0) is 24.3 Å². The molecule has 0 aliphatic carbocycles. The predicted octanol–water partition coefficient (Wildman–Crippen LogP) is 0.302. The van der Waals surface area contributed by atoms with Crippen molar-refractivity contribution >= 4 is 0 Å². The fourth-order valence-corrected chi connectivity index (χ4v) is 3.08. The van der Waals surface area contributed by atoms with Crippen molar-refractivity contribution in [3.05, 3.63) is 123 Å². The number of hydrogen-bond donors (Lipinski definition) is 0. The van der Waals surface area contributed by atoms with E-state index >= 15 is 0 Å². The molecule has 0 atom stereocenters. The van der Waals surface area contributed by atoms with E-state index < -0.39 is 0 Å². The van der Waals surface area contributed by atoms with Crippen molar-refractivity contribution in [2.45, 2.75) is 6.42 Å². The van der Waals surface area contributed by atoms with Crippen LogP contribution in [0.3, 0.4) is 0 Å². The zero-order chi connectivity index (χ0) is 17.9. The Morgan fingerprint density at radius 3 is 1.37 bits per heavy atom. The average Bonchev–Trinajstić information content (AvgIpc) is 2.95. The third-order valence-electron chi connectivity index (χ3n) is 4.33. The van der Waals surface area contributed by atoms with Crippen LogP contribution in [0.2, 0.25) is 0 Å². The van der Waals surface area contributed by atoms with Gasteiger partial charge in [0.2, 0.25) is 0 Å². The van der Waals surface area contributed by atoms with Gasteiger partial charge < -0.3 is 9.59 Å². The molecule has 5 heteroatoms. The fourth-order valence-electron chi connectivity index (χ4n) is 3.08. The molecule has 0 saturated carbocycles. The minimum absolute atomic E-state index is 0. The first-order valence-corrected chi connectivity index (χ1v) is 8.44. The summed E-state index contributed by atoms with van der Waals surface area (Å²) in [5, 5.41) is 0. The average molecular weight is 364 g/mol. The van der Waals surface area contributed by atoms with Gasteiger partial charge in [0.25, 0.3) is 0 Å². The second kappa shape index (κ2) is 8.44. The Morgan fingerprint density at radius 2 is 0.963 bits per heavy atom. The van der Waals surface area contributed by atoms with Crippen LogP contribution in [-0.2, 0) is 6.42 Å². The second-order valence-corrected chi connectivity index (χ2v) is 6.05. The molecule has 0 spiro atoms. The summed E-state index contributed by atoms with van der Waals surface area (Å²) in [4.78, 5) is 26.3. The van der Waals surface area contributed by atoms with Gasteiger partial charge in [-0.15, -0.1) is 6.42 Å². The molecule has 0 N–H and O–H groups in total. The summed E-state index contributed by atoms with van der Waals surface area (Å²) >= 11 is 0. The Bertz CT molecular complexity index is 1060. The number of nitrogens with zero attached hydrogens (tertiary/aromatic N) is 2. The maximum atomic E-state index is 13.1. The molecule has 0 bridgehead atoms. The molecule has 1 heterocycles. The van der Waals surface area contributed by atoms with Crippen molar-refractivity contribution in [3.8, 4) is 11.4 Å². The molecular weight excluding hydrogens is 347 g/mol. The van der Waals surface area contributed by atoms with Crippen LogP contribution in [0.4, 0.5) is 0 Å². The van der Waals surface area contributed by atoms with E-state index in [4.69, 9.17) is 0 Å². The molecule has 4 rings (SSSR count). The van der Waals surface area contributed by atoms with Gasteiger partial charge in [-0.2, -0.15) is 5.56 Å². The van der Waals surface area contributed by atoms with Gasteiger partial charge in [0, 0.05) is 0 Å². The number of benzene rings is 3. The smallest absolute Gasteiger partial charge is 0.308 e. The van der Waals surface area contributed by atoms with E-state index in [1.165, 1.54) is 9.36 Å². The Hall–Kier alpha value is -2.53. The monoisotopic (exact) mass is 364 g/mol. The molecule has 4 aromatic rings. The van der Waals surface area contributed by atoms with E-state index in [0.29, 0.717) is 17.8 Å². The second-order valence-electron chi connectivity index (χ2n) is 6.05. The zero-order valence-electron chi connectivity index (χ0n) is 15.1. The summed E-state index contributed by atoms with van der Waals surface area (Å²) in [6, 6.07) is 28.1. The van der Waals surface area contributed by atoms with Crippen LogP contribution >= 0.6 is 0 Å². The van der Waals surface area contributed by atoms with Crippen molar-refractivity contribution in [2.75, 3.05) is 0 Å². The minimum Gasteiger partial charge on any atom is -0.308 e. The first kappa shape index (κ1) is 19.2. The Balaban J connectivity index is 0.00000210. The predicted molar refractivity (Wildman–Crippen MR) is 102 cm³/mol. The maximum Gasteiger partial charge on any atom is 1.00 e. The molecular formula is C22H17N2NaO2. The third kappa shape index (κ3) is 3.78. The standard InChI is InChI=1S/C22H17N2O2.Na/c25-21-20(16-17-10-4-1-5-11-17)22(26)24(19-14-8-3-9-15-19)23(21)18-12-6-2-7-13-18;/h1-15H,16H2;/q-1;+1. The van der Waals surface area contributed by atoms with Crippen LogP contribution in [0, 0.1) is 0 Å². The van der Waals surface area contributed by atoms with E-state index in [-0.39, 0.29) is 46.2 Å². The van der Waals surface area contributed by atoms with Gasteiger partial charge in [-0.25, -0.2) is 9.36 Å². The summed E-state index contributed by atoms with van der Waals surface area (Å²) in [5.41, 5.74) is 1.97. The van der Waals surface area contributed by atoms with Crippen LogP contribution in [0.5, 0.6) is 0 Å². The van der Waals surface area contributed by atoms with Crippen molar-refractivity contribution in [2.24, 2.45) is 0 Å². The SMILES string of the molecule is O=c1[c-](Cc2ccccc2)c(=O)n(-c2ccccc2)n1-c1ccccc1.[Na+]. The summed E-state index contributed by atoms with van der Waals surface area (Å²) in [7, 11) is 0. The molecule has 0 radical (unpaired) electrons. The normalized spacial score (nSPS) is 10.4. The first-order chi connectivity index (χ1) is 12.8. The minimum atomic E-state index is -0.283.